The Balaban J connectivity index is 1.53. The van der Waals surface area contributed by atoms with Gasteiger partial charge in [-0.2, -0.15) is 0 Å². The lowest BCUT2D eigenvalue weighted by atomic mass is 9.97. The third-order valence-electron chi connectivity index (χ3n) is 6.16. The van der Waals surface area contributed by atoms with Crippen molar-refractivity contribution in [3.05, 3.63) is 64.5 Å². The molecule has 2 aromatic carbocycles. The number of piperidine rings is 1. The number of ether oxygens (including phenoxy) is 2. The van der Waals surface area contributed by atoms with E-state index in [1.807, 2.05) is 37.3 Å². The minimum Gasteiger partial charge on any atom is -0.481 e. The van der Waals surface area contributed by atoms with Crippen LogP contribution in [-0.4, -0.2) is 42.6 Å². The summed E-state index contributed by atoms with van der Waals surface area (Å²) in [6, 6.07) is 14.6. The van der Waals surface area contributed by atoms with E-state index in [0.29, 0.717) is 37.4 Å². The zero-order chi connectivity index (χ0) is 24.2. The van der Waals surface area contributed by atoms with Crippen molar-refractivity contribution in [3.63, 3.8) is 0 Å². The second-order valence-corrected chi connectivity index (χ2v) is 8.59. The lowest BCUT2D eigenvalue weighted by molar-refractivity contribution is -0.152. The molecule has 1 aliphatic rings. The molecule has 0 radical (unpaired) electrons. The Hall–Kier alpha value is -3.61. The first-order valence-electron chi connectivity index (χ1n) is 11.6. The molecule has 0 N–H and O–H groups in total. The quantitative estimate of drug-likeness (QED) is 0.399. The number of rotatable bonds is 6. The first-order valence-corrected chi connectivity index (χ1v) is 11.6. The van der Waals surface area contributed by atoms with Gasteiger partial charge >= 0.3 is 11.6 Å². The van der Waals surface area contributed by atoms with Crippen LogP contribution in [0.5, 0.6) is 5.75 Å². The van der Waals surface area contributed by atoms with E-state index in [0.717, 1.165) is 28.5 Å². The van der Waals surface area contributed by atoms with Crippen molar-refractivity contribution in [1.82, 2.24) is 4.90 Å². The Labute approximate surface area is 198 Å². The highest BCUT2D eigenvalue weighted by molar-refractivity contribution is 5.94. The Morgan fingerprint density at radius 1 is 1.15 bits per heavy atom. The molecule has 0 saturated carbocycles. The van der Waals surface area contributed by atoms with Gasteiger partial charge in [-0.25, -0.2) is 4.79 Å². The fourth-order valence-corrected chi connectivity index (χ4v) is 4.46. The predicted octanol–water partition coefficient (Wildman–Crippen LogP) is 4.34. The molecule has 2 atom stereocenters. The Morgan fingerprint density at radius 3 is 2.71 bits per heavy atom. The van der Waals surface area contributed by atoms with Crippen molar-refractivity contribution in [1.29, 1.82) is 0 Å². The second-order valence-electron chi connectivity index (χ2n) is 8.59. The van der Waals surface area contributed by atoms with Gasteiger partial charge in [0.25, 0.3) is 5.91 Å². The molecule has 4 rings (SSSR count). The van der Waals surface area contributed by atoms with E-state index in [1.54, 1.807) is 30.9 Å². The number of esters is 1. The molecule has 1 amide bonds. The minimum absolute atomic E-state index is 0.191. The molecule has 1 aliphatic heterocycles. The zero-order valence-corrected chi connectivity index (χ0v) is 19.7. The van der Waals surface area contributed by atoms with Crippen LogP contribution in [-0.2, 0) is 14.3 Å². The molecule has 1 fully saturated rings. The molecule has 1 unspecified atom stereocenters. The van der Waals surface area contributed by atoms with E-state index in [1.165, 1.54) is 6.07 Å². The van der Waals surface area contributed by atoms with Crippen molar-refractivity contribution in [2.45, 2.75) is 39.7 Å². The smallest absolute Gasteiger partial charge is 0.336 e. The van der Waals surface area contributed by atoms with E-state index in [-0.39, 0.29) is 17.8 Å². The van der Waals surface area contributed by atoms with Gasteiger partial charge in [0, 0.05) is 36.2 Å². The van der Waals surface area contributed by atoms with Gasteiger partial charge in [-0.05, 0) is 56.9 Å². The molecule has 1 saturated heterocycles. The summed E-state index contributed by atoms with van der Waals surface area (Å²) in [6.07, 6.45) is 0.694. The summed E-state index contributed by atoms with van der Waals surface area (Å²) in [5.41, 5.74) is 2.74. The number of nitrogens with zero attached hydrogens (tertiary/aromatic N) is 1. The first-order chi connectivity index (χ1) is 16.4. The maximum atomic E-state index is 13.0. The van der Waals surface area contributed by atoms with Gasteiger partial charge in [-0.1, -0.05) is 24.3 Å². The number of carbonyl (C=O) groups is 2. The average molecular weight is 464 g/mol. The maximum absolute atomic E-state index is 13.0. The van der Waals surface area contributed by atoms with Gasteiger partial charge in [-0.3, -0.25) is 9.59 Å². The van der Waals surface area contributed by atoms with Crippen molar-refractivity contribution in [3.8, 4) is 16.9 Å². The van der Waals surface area contributed by atoms with Gasteiger partial charge in [0.15, 0.2) is 6.10 Å². The highest BCUT2D eigenvalue weighted by Gasteiger charge is 2.32. The van der Waals surface area contributed by atoms with E-state index in [4.69, 9.17) is 13.9 Å². The molecule has 1 aromatic heterocycles. The molecule has 178 valence electrons. The molecule has 0 bridgehead atoms. The van der Waals surface area contributed by atoms with Crippen LogP contribution in [0.4, 0.5) is 0 Å². The number of carbonyl (C=O) groups excluding carboxylic acids is 2. The minimum atomic E-state index is -0.760. The lowest BCUT2D eigenvalue weighted by Gasteiger charge is -2.33. The fourth-order valence-electron chi connectivity index (χ4n) is 4.46. The van der Waals surface area contributed by atoms with Crippen LogP contribution in [0.25, 0.3) is 22.1 Å². The maximum Gasteiger partial charge on any atom is 0.336 e. The summed E-state index contributed by atoms with van der Waals surface area (Å²) in [5.74, 6) is -0.330. The van der Waals surface area contributed by atoms with Crippen molar-refractivity contribution in [2.24, 2.45) is 5.92 Å². The topological polar surface area (TPSA) is 86.0 Å². The van der Waals surface area contributed by atoms with Crippen LogP contribution in [0.2, 0.25) is 0 Å². The lowest BCUT2D eigenvalue weighted by Crippen LogP contribution is -2.47. The SMILES string of the molecule is CCOC(=O)[C@H]1CCCN(C(=O)C(C)Oc2ccc3c(-c4ccccc4C)cc(=O)oc3c2)C1. The number of benzene rings is 2. The van der Waals surface area contributed by atoms with Crippen LogP contribution in [0, 0.1) is 12.8 Å². The van der Waals surface area contributed by atoms with Crippen molar-refractivity contribution >= 4 is 22.8 Å². The second kappa shape index (κ2) is 10.1. The summed E-state index contributed by atoms with van der Waals surface area (Å²) >= 11 is 0. The van der Waals surface area contributed by atoms with E-state index < -0.39 is 11.7 Å². The number of amides is 1. The highest BCUT2D eigenvalue weighted by Crippen LogP contribution is 2.32. The largest absolute Gasteiger partial charge is 0.481 e. The molecular formula is C27H29NO6. The van der Waals surface area contributed by atoms with Crippen LogP contribution >= 0.6 is 0 Å². The molecule has 2 heterocycles. The van der Waals surface area contributed by atoms with Gasteiger partial charge < -0.3 is 18.8 Å². The van der Waals surface area contributed by atoms with Gasteiger partial charge in [0.1, 0.15) is 11.3 Å². The molecule has 0 spiro atoms. The van der Waals surface area contributed by atoms with Crippen LogP contribution in [0.3, 0.4) is 0 Å². The number of likely N-dealkylation sites (tertiary alicyclic amines) is 1. The molecule has 7 nitrogen and oxygen atoms in total. The number of aryl methyl sites for hydroxylation is 1. The van der Waals surface area contributed by atoms with Gasteiger partial charge in [0.05, 0.1) is 12.5 Å². The molecule has 7 heteroatoms. The van der Waals surface area contributed by atoms with Crippen LogP contribution in [0.1, 0.15) is 32.3 Å². The Morgan fingerprint density at radius 2 is 1.94 bits per heavy atom. The van der Waals surface area contributed by atoms with E-state index in [2.05, 4.69) is 0 Å². The number of fused-ring (bicyclic) bond motifs is 1. The summed E-state index contributed by atoms with van der Waals surface area (Å²) in [5, 5.41) is 0.786. The van der Waals surface area contributed by atoms with Crippen molar-refractivity contribution in [2.75, 3.05) is 19.7 Å². The fraction of sp³-hybridized carbons (Fsp3) is 0.370. The molecule has 0 aliphatic carbocycles. The Kier molecular flexibility index (Phi) is 7.01. The zero-order valence-electron chi connectivity index (χ0n) is 19.7. The normalized spacial score (nSPS) is 16.8. The molecule has 3 aromatic rings. The number of hydrogen-bond acceptors (Lipinski definition) is 6. The summed E-state index contributed by atoms with van der Waals surface area (Å²) < 4.78 is 16.5. The van der Waals surface area contributed by atoms with Crippen molar-refractivity contribution < 1.29 is 23.5 Å². The summed E-state index contributed by atoms with van der Waals surface area (Å²) in [7, 11) is 0. The average Bonchev–Trinajstić information content (AvgIpc) is 2.83. The van der Waals surface area contributed by atoms with Gasteiger partial charge in [-0.15, -0.1) is 0 Å². The standard InChI is InChI=1S/C27H29NO6/c1-4-32-27(31)19-9-7-13-28(16-19)26(30)18(3)33-20-11-12-22-23(15-25(29)34-24(22)14-20)21-10-6-5-8-17(21)2/h5-6,8,10-12,14-15,18-19H,4,7,9,13,16H2,1-3H3/t18?,19-/m0/s1. The van der Waals surface area contributed by atoms with Gasteiger partial charge in [0.2, 0.25) is 0 Å². The molecular weight excluding hydrogens is 434 g/mol. The monoisotopic (exact) mass is 463 g/mol. The third-order valence-corrected chi connectivity index (χ3v) is 6.16. The summed E-state index contributed by atoms with van der Waals surface area (Å²) in [6.45, 7) is 6.68. The predicted molar refractivity (Wildman–Crippen MR) is 129 cm³/mol. The summed E-state index contributed by atoms with van der Waals surface area (Å²) in [4.78, 5) is 39.0. The Bertz CT molecular complexity index is 1260. The van der Waals surface area contributed by atoms with E-state index in [9.17, 15) is 14.4 Å². The highest BCUT2D eigenvalue weighted by atomic mass is 16.5. The number of hydrogen-bond donors (Lipinski definition) is 0. The molecule has 34 heavy (non-hydrogen) atoms. The van der Waals surface area contributed by atoms with Crippen LogP contribution in [0.15, 0.2) is 57.7 Å². The first kappa shape index (κ1) is 23.5. The van der Waals surface area contributed by atoms with E-state index >= 15 is 0 Å². The third kappa shape index (κ3) is 4.98. The van der Waals surface area contributed by atoms with Crippen LogP contribution < -0.4 is 10.4 Å².